The number of hydrazine groups is 1. The Kier molecular flexibility index (Phi) is 4.96. The summed E-state index contributed by atoms with van der Waals surface area (Å²) in [7, 11) is 0. The zero-order chi connectivity index (χ0) is 15.5. The van der Waals surface area contributed by atoms with Gasteiger partial charge < -0.3 is 0 Å². The van der Waals surface area contributed by atoms with Crippen LogP contribution in [0, 0.1) is 11.3 Å². The fourth-order valence-electron chi connectivity index (χ4n) is 3.13. The molecule has 3 N–H and O–H groups in total. The van der Waals surface area contributed by atoms with Crippen molar-refractivity contribution in [2.24, 2.45) is 17.2 Å². The van der Waals surface area contributed by atoms with Crippen LogP contribution in [-0.4, -0.2) is 4.98 Å². The van der Waals surface area contributed by atoms with Crippen LogP contribution in [0.4, 0.5) is 0 Å². The number of aromatic nitrogens is 1. The summed E-state index contributed by atoms with van der Waals surface area (Å²) in [5.74, 6) is 6.41. The molecule has 1 aromatic heterocycles. The minimum Gasteiger partial charge on any atom is -0.271 e. The van der Waals surface area contributed by atoms with Crippen molar-refractivity contribution in [3.63, 3.8) is 0 Å². The van der Waals surface area contributed by atoms with E-state index in [1.165, 1.54) is 17.4 Å². The Hall–Kier alpha value is -1.45. The van der Waals surface area contributed by atoms with Crippen molar-refractivity contribution in [1.29, 1.82) is 0 Å². The number of hydrogen-bond acceptors (Lipinski definition) is 3. The third kappa shape index (κ3) is 4.51. The van der Waals surface area contributed by atoms with Crippen LogP contribution in [0.3, 0.4) is 0 Å². The molecule has 1 aromatic carbocycles. The van der Waals surface area contributed by atoms with Gasteiger partial charge in [0.15, 0.2) is 0 Å². The van der Waals surface area contributed by atoms with Gasteiger partial charge in [0.2, 0.25) is 0 Å². The standard InChI is InChI=1S/C18H27N3/c1-13(12-18(2,3)4)10-17(21-19)15-8-7-14-6-5-9-20-16(14)11-15/h5-9,11,13,17,21H,10,12,19H2,1-4H3. The normalized spacial score (nSPS) is 15.1. The Labute approximate surface area is 127 Å². The van der Waals surface area contributed by atoms with Gasteiger partial charge in [-0.3, -0.25) is 16.3 Å². The lowest BCUT2D eigenvalue weighted by molar-refractivity contribution is 0.276. The molecule has 3 nitrogen and oxygen atoms in total. The predicted octanol–water partition coefficient (Wildman–Crippen LogP) is 4.20. The lowest BCUT2D eigenvalue weighted by Crippen LogP contribution is -2.30. The van der Waals surface area contributed by atoms with Crippen molar-refractivity contribution < 1.29 is 0 Å². The molecule has 0 aliphatic rings. The SMILES string of the molecule is CC(CC(NN)c1ccc2cccnc2c1)CC(C)(C)C. The van der Waals surface area contributed by atoms with Gasteiger partial charge in [0.1, 0.15) is 0 Å². The van der Waals surface area contributed by atoms with E-state index in [1.807, 2.05) is 12.3 Å². The number of rotatable bonds is 5. The zero-order valence-corrected chi connectivity index (χ0v) is 13.6. The molecule has 0 fully saturated rings. The first-order valence-electron chi connectivity index (χ1n) is 7.70. The van der Waals surface area contributed by atoms with Crippen LogP contribution in [0.25, 0.3) is 10.9 Å². The molecule has 1 heterocycles. The summed E-state index contributed by atoms with van der Waals surface area (Å²) in [6, 6.07) is 10.6. The highest BCUT2D eigenvalue weighted by Gasteiger charge is 2.19. The molecule has 21 heavy (non-hydrogen) atoms. The Morgan fingerprint density at radius 2 is 2.00 bits per heavy atom. The fourth-order valence-corrected chi connectivity index (χ4v) is 3.13. The molecular formula is C18H27N3. The molecule has 2 unspecified atom stereocenters. The maximum absolute atomic E-state index is 5.79. The molecule has 114 valence electrons. The van der Waals surface area contributed by atoms with Crippen molar-refractivity contribution in [1.82, 2.24) is 10.4 Å². The predicted molar refractivity (Wildman–Crippen MR) is 89.7 cm³/mol. The first kappa shape index (κ1) is 15.9. The number of nitrogens with zero attached hydrogens (tertiary/aromatic N) is 1. The summed E-state index contributed by atoms with van der Waals surface area (Å²) in [6.07, 6.45) is 4.06. The highest BCUT2D eigenvalue weighted by Crippen LogP contribution is 2.30. The summed E-state index contributed by atoms with van der Waals surface area (Å²) < 4.78 is 0. The van der Waals surface area contributed by atoms with Crippen LogP contribution < -0.4 is 11.3 Å². The van der Waals surface area contributed by atoms with E-state index in [4.69, 9.17) is 5.84 Å². The largest absolute Gasteiger partial charge is 0.271 e. The smallest absolute Gasteiger partial charge is 0.0705 e. The molecule has 0 saturated heterocycles. The number of nitrogens with two attached hydrogens (primary N) is 1. The van der Waals surface area contributed by atoms with Gasteiger partial charge in [0, 0.05) is 17.6 Å². The van der Waals surface area contributed by atoms with Gasteiger partial charge in [0.05, 0.1) is 5.52 Å². The Balaban J connectivity index is 2.15. The van der Waals surface area contributed by atoms with Crippen LogP contribution >= 0.6 is 0 Å². The van der Waals surface area contributed by atoms with Gasteiger partial charge in [0.25, 0.3) is 0 Å². The van der Waals surface area contributed by atoms with Gasteiger partial charge in [-0.15, -0.1) is 0 Å². The molecule has 0 spiro atoms. The van der Waals surface area contributed by atoms with Gasteiger partial charge >= 0.3 is 0 Å². The molecule has 2 aromatic rings. The maximum atomic E-state index is 5.79. The molecule has 2 rings (SSSR count). The number of fused-ring (bicyclic) bond motifs is 1. The summed E-state index contributed by atoms with van der Waals surface area (Å²) in [4.78, 5) is 4.43. The van der Waals surface area contributed by atoms with E-state index in [1.54, 1.807) is 0 Å². The van der Waals surface area contributed by atoms with E-state index in [0.29, 0.717) is 11.3 Å². The lowest BCUT2D eigenvalue weighted by atomic mass is 9.82. The summed E-state index contributed by atoms with van der Waals surface area (Å²) in [6.45, 7) is 9.16. The second-order valence-corrected chi connectivity index (χ2v) is 7.28. The molecule has 0 bridgehead atoms. The molecule has 3 heteroatoms. The Morgan fingerprint density at radius 1 is 1.24 bits per heavy atom. The van der Waals surface area contributed by atoms with Crippen molar-refractivity contribution in [2.45, 2.75) is 46.6 Å². The third-order valence-corrected chi connectivity index (χ3v) is 3.83. The quantitative estimate of drug-likeness (QED) is 0.639. The van der Waals surface area contributed by atoms with Gasteiger partial charge in [-0.2, -0.15) is 0 Å². The minimum atomic E-state index is 0.175. The summed E-state index contributed by atoms with van der Waals surface area (Å²) in [5, 5.41) is 1.17. The summed E-state index contributed by atoms with van der Waals surface area (Å²) >= 11 is 0. The van der Waals surface area contributed by atoms with E-state index in [9.17, 15) is 0 Å². The third-order valence-electron chi connectivity index (χ3n) is 3.83. The average Bonchev–Trinajstić information content (AvgIpc) is 2.42. The molecular weight excluding hydrogens is 258 g/mol. The Morgan fingerprint density at radius 3 is 2.67 bits per heavy atom. The number of pyridine rings is 1. The number of benzene rings is 1. The topological polar surface area (TPSA) is 50.9 Å². The fraction of sp³-hybridized carbons (Fsp3) is 0.500. The van der Waals surface area contributed by atoms with Gasteiger partial charge in [-0.05, 0) is 41.9 Å². The maximum Gasteiger partial charge on any atom is 0.0705 e. The first-order valence-corrected chi connectivity index (χ1v) is 7.70. The second kappa shape index (κ2) is 6.54. The van der Waals surface area contributed by atoms with Gasteiger partial charge in [-0.25, -0.2) is 0 Å². The second-order valence-electron chi connectivity index (χ2n) is 7.28. The van der Waals surface area contributed by atoms with E-state index in [0.717, 1.165) is 11.9 Å². The van der Waals surface area contributed by atoms with Crippen LogP contribution in [0.2, 0.25) is 0 Å². The van der Waals surface area contributed by atoms with Crippen molar-refractivity contribution >= 4 is 10.9 Å². The summed E-state index contributed by atoms with van der Waals surface area (Å²) in [5.41, 5.74) is 5.56. The van der Waals surface area contributed by atoms with Crippen LogP contribution in [0.1, 0.15) is 52.1 Å². The number of nitrogens with one attached hydrogen (secondary N) is 1. The van der Waals surface area contributed by atoms with Crippen LogP contribution in [0.15, 0.2) is 36.5 Å². The van der Waals surface area contributed by atoms with Crippen molar-refractivity contribution in [3.05, 3.63) is 42.1 Å². The van der Waals surface area contributed by atoms with Crippen molar-refractivity contribution in [2.75, 3.05) is 0 Å². The molecule has 0 aliphatic carbocycles. The molecule has 0 aliphatic heterocycles. The lowest BCUT2D eigenvalue weighted by Gasteiger charge is -2.26. The Bertz CT molecular complexity index is 586. The van der Waals surface area contributed by atoms with E-state index >= 15 is 0 Å². The zero-order valence-electron chi connectivity index (χ0n) is 13.6. The van der Waals surface area contributed by atoms with Crippen LogP contribution in [0.5, 0.6) is 0 Å². The number of hydrogen-bond donors (Lipinski definition) is 2. The molecule has 0 saturated carbocycles. The minimum absolute atomic E-state index is 0.175. The highest BCUT2D eigenvalue weighted by molar-refractivity contribution is 5.78. The van der Waals surface area contributed by atoms with Crippen LogP contribution in [-0.2, 0) is 0 Å². The van der Waals surface area contributed by atoms with E-state index in [-0.39, 0.29) is 6.04 Å². The first-order chi connectivity index (χ1) is 9.89. The van der Waals surface area contributed by atoms with E-state index in [2.05, 4.69) is 62.4 Å². The van der Waals surface area contributed by atoms with Gasteiger partial charge in [-0.1, -0.05) is 45.9 Å². The molecule has 0 radical (unpaired) electrons. The monoisotopic (exact) mass is 285 g/mol. The molecule has 2 atom stereocenters. The molecule has 0 amide bonds. The van der Waals surface area contributed by atoms with Crippen molar-refractivity contribution in [3.8, 4) is 0 Å². The van der Waals surface area contributed by atoms with E-state index < -0.39 is 0 Å². The average molecular weight is 285 g/mol. The highest BCUT2D eigenvalue weighted by atomic mass is 15.2.